The topological polar surface area (TPSA) is 94.8 Å². The molecule has 0 aromatic heterocycles. The molecule has 5 nitrogen and oxygen atoms in total. The zero-order valence-corrected chi connectivity index (χ0v) is 14.9. The van der Waals surface area contributed by atoms with Crippen LogP contribution in [0.2, 0.25) is 0 Å². The minimum atomic E-state index is -0.806. The Balaban J connectivity index is 2.52. The summed E-state index contributed by atoms with van der Waals surface area (Å²) in [5.74, 6) is -1.32. The molecule has 1 rings (SSSR count). The number of carboxylic acids is 1. The van der Waals surface area contributed by atoms with Gasteiger partial charge in [-0.2, -0.15) is 0 Å². The Kier molecular flexibility index (Phi) is 10.0. The number of carbonyl (C=O) groups excluding carboxylic acids is 1. The first-order chi connectivity index (χ1) is 12.0. The van der Waals surface area contributed by atoms with Crippen LogP contribution in [0.4, 0.5) is 0 Å². The molecule has 1 unspecified atom stereocenters. The lowest BCUT2D eigenvalue weighted by Crippen LogP contribution is -2.18. The van der Waals surface area contributed by atoms with Gasteiger partial charge in [-0.15, -0.1) is 0 Å². The molecular formula is C20H30O5. The van der Waals surface area contributed by atoms with Crippen molar-refractivity contribution in [1.82, 2.24) is 0 Å². The summed E-state index contributed by atoms with van der Waals surface area (Å²) in [5, 5.41) is 28.6. The van der Waals surface area contributed by atoms with Gasteiger partial charge in [0.15, 0.2) is 0 Å². The largest absolute Gasteiger partial charge is 0.481 e. The Morgan fingerprint density at radius 3 is 2.72 bits per heavy atom. The fraction of sp³-hybridized carbons (Fsp3) is 0.600. The highest BCUT2D eigenvalue weighted by molar-refractivity contribution is 5.84. The number of aliphatic hydroxyl groups excluding tert-OH is 2. The van der Waals surface area contributed by atoms with Crippen LogP contribution in [0.15, 0.2) is 36.5 Å². The standard InChI is InChI=1S/C20H30O5/c1-2-3-6-9-15(21)12-13-17-16(18(22)14-19(17)23)10-7-4-5-8-11-20(24)25/h3-4,6-7,12-13,15-17,19,21,23H,2,5,8-11,14H2,1H3,(H,24,25)/t15-,16+,17?,19+/m0/s1. The highest BCUT2D eigenvalue weighted by Gasteiger charge is 2.39. The van der Waals surface area contributed by atoms with Crippen molar-refractivity contribution >= 4 is 11.8 Å². The van der Waals surface area contributed by atoms with Crippen LogP contribution in [0, 0.1) is 11.8 Å². The Hall–Kier alpha value is -1.72. The minimum absolute atomic E-state index is 0.0395. The summed E-state index contributed by atoms with van der Waals surface area (Å²) in [5.41, 5.74) is 0. The molecule has 0 amide bonds. The van der Waals surface area contributed by atoms with Gasteiger partial charge in [-0.25, -0.2) is 0 Å². The van der Waals surface area contributed by atoms with Gasteiger partial charge in [-0.1, -0.05) is 43.4 Å². The molecule has 1 aliphatic rings. The number of carbonyl (C=O) groups is 2. The lowest BCUT2D eigenvalue weighted by Gasteiger charge is -2.16. The maximum Gasteiger partial charge on any atom is 0.303 e. The van der Waals surface area contributed by atoms with Crippen LogP contribution >= 0.6 is 0 Å². The van der Waals surface area contributed by atoms with Gasteiger partial charge in [0.1, 0.15) is 5.78 Å². The van der Waals surface area contributed by atoms with Crippen molar-refractivity contribution in [3.05, 3.63) is 36.5 Å². The first kappa shape index (κ1) is 21.3. The predicted octanol–water partition coefficient (Wildman–Crippen LogP) is 3.03. The zero-order valence-electron chi connectivity index (χ0n) is 14.9. The van der Waals surface area contributed by atoms with Crippen molar-refractivity contribution in [1.29, 1.82) is 0 Å². The molecule has 140 valence electrons. The number of unbranched alkanes of at least 4 members (excludes halogenated alkanes) is 1. The maximum absolute atomic E-state index is 12.1. The number of aliphatic carboxylic acids is 1. The molecule has 0 aromatic rings. The van der Waals surface area contributed by atoms with Gasteiger partial charge in [-0.3, -0.25) is 9.59 Å². The van der Waals surface area contributed by atoms with Crippen LogP contribution < -0.4 is 0 Å². The van der Waals surface area contributed by atoms with Crippen LogP contribution in [-0.2, 0) is 9.59 Å². The lowest BCUT2D eigenvalue weighted by atomic mass is 9.90. The molecule has 3 N–H and O–H groups in total. The number of carboxylic acid groups (broad SMARTS) is 1. The van der Waals surface area contributed by atoms with Crippen molar-refractivity contribution in [2.45, 2.75) is 64.1 Å². The molecule has 0 radical (unpaired) electrons. The summed E-state index contributed by atoms with van der Waals surface area (Å²) >= 11 is 0. The van der Waals surface area contributed by atoms with Gasteiger partial charge in [0, 0.05) is 24.7 Å². The van der Waals surface area contributed by atoms with Gasteiger partial charge in [0.05, 0.1) is 12.2 Å². The van der Waals surface area contributed by atoms with E-state index in [1.165, 1.54) is 0 Å². The molecule has 0 aromatic carbocycles. The summed E-state index contributed by atoms with van der Waals surface area (Å²) in [6.45, 7) is 2.03. The summed E-state index contributed by atoms with van der Waals surface area (Å²) in [6.07, 6.45) is 13.3. The van der Waals surface area contributed by atoms with Crippen LogP contribution in [-0.4, -0.2) is 39.3 Å². The summed E-state index contributed by atoms with van der Waals surface area (Å²) in [7, 11) is 0. The Morgan fingerprint density at radius 2 is 2.04 bits per heavy atom. The molecule has 0 saturated heterocycles. The normalized spacial score (nSPS) is 25.6. The van der Waals surface area contributed by atoms with E-state index in [1.807, 2.05) is 31.2 Å². The van der Waals surface area contributed by atoms with E-state index in [4.69, 9.17) is 5.11 Å². The number of Topliss-reactive ketones (excluding diaryl/α,β-unsaturated/α-hetero) is 1. The smallest absolute Gasteiger partial charge is 0.303 e. The molecule has 0 aliphatic heterocycles. The third-order valence-electron chi connectivity index (χ3n) is 4.39. The van der Waals surface area contributed by atoms with E-state index in [-0.39, 0.29) is 30.5 Å². The fourth-order valence-electron chi connectivity index (χ4n) is 3.00. The summed E-state index contributed by atoms with van der Waals surface area (Å²) < 4.78 is 0. The summed E-state index contributed by atoms with van der Waals surface area (Å²) in [4.78, 5) is 22.5. The average molecular weight is 350 g/mol. The second-order valence-corrected chi connectivity index (χ2v) is 6.48. The fourth-order valence-corrected chi connectivity index (χ4v) is 3.00. The van der Waals surface area contributed by atoms with E-state index in [9.17, 15) is 19.8 Å². The molecule has 25 heavy (non-hydrogen) atoms. The molecule has 1 fully saturated rings. The Bertz CT molecular complexity index is 506. The van der Waals surface area contributed by atoms with E-state index in [1.54, 1.807) is 12.2 Å². The first-order valence-electron chi connectivity index (χ1n) is 9.04. The SMILES string of the molecule is CCC=CC[C@H](O)C=CC1[C@H](O)CC(=O)[C@@H]1CC=CCCCC(=O)O. The average Bonchev–Trinajstić information content (AvgIpc) is 2.82. The predicted molar refractivity (Wildman–Crippen MR) is 97.0 cm³/mol. The van der Waals surface area contributed by atoms with Crippen LogP contribution in [0.25, 0.3) is 0 Å². The van der Waals surface area contributed by atoms with E-state index < -0.39 is 18.2 Å². The quantitative estimate of drug-likeness (QED) is 0.393. The van der Waals surface area contributed by atoms with E-state index in [0.29, 0.717) is 25.7 Å². The highest BCUT2D eigenvalue weighted by atomic mass is 16.4. The van der Waals surface area contributed by atoms with Crippen LogP contribution in [0.5, 0.6) is 0 Å². The number of hydrogen-bond donors (Lipinski definition) is 3. The van der Waals surface area contributed by atoms with E-state index >= 15 is 0 Å². The molecule has 0 heterocycles. The Labute approximate surface area is 149 Å². The zero-order chi connectivity index (χ0) is 18.7. The molecule has 4 atom stereocenters. The van der Waals surface area contributed by atoms with Gasteiger partial charge in [0.25, 0.3) is 0 Å². The maximum atomic E-state index is 12.1. The van der Waals surface area contributed by atoms with Crippen molar-refractivity contribution in [2.24, 2.45) is 11.8 Å². The minimum Gasteiger partial charge on any atom is -0.481 e. The molecule has 1 saturated carbocycles. The van der Waals surface area contributed by atoms with Crippen molar-refractivity contribution in [3.63, 3.8) is 0 Å². The van der Waals surface area contributed by atoms with Crippen molar-refractivity contribution in [3.8, 4) is 0 Å². The number of aliphatic hydroxyl groups is 2. The highest BCUT2D eigenvalue weighted by Crippen LogP contribution is 2.33. The number of hydrogen-bond acceptors (Lipinski definition) is 4. The van der Waals surface area contributed by atoms with Gasteiger partial charge in [-0.05, 0) is 32.1 Å². The number of allylic oxidation sites excluding steroid dienone is 3. The Morgan fingerprint density at radius 1 is 1.28 bits per heavy atom. The summed E-state index contributed by atoms with van der Waals surface area (Å²) in [6, 6.07) is 0. The van der Waals surface area contributed by atoms with Crippen LogP contribution in [0.1, 0.15) is 51.9 Å². The van der Waals surface area contributed by atoms with Crippen molar-refractivity contribution < 1.29 is 24.9 Å². The second kappa shape index (κ2) is 11.8. The third kappa shape index (κ3) is 8.27. The first-order valence-corrected chi connectivity index (χ1v) is 9.04. The third-order valence-corrected chi connectivity index (χ3v) is 4.39. The number of rotatable bonds is 11. The van der Waals surface area contributed by atoms with Crippen LogP contribution in [0.3, 0.4) is 0 Å². The molecular weight excluding hydrogens is 320 g/mol. The molecule has 0 spiro atoms. The second-order valence-electron chi connectivity index (χ2n) is 6.48. The molecule has 0 bridgehead atoms. The molecule has 5 heteroatoms. The molecule has 1 aliphatic carbocycles. The lowest BCUT2D eigenvalue weighted by molar-refractivity contribution is -0.137. The van der Waals surface area contributed by atoms with Gasteiger partial charge < -0.3 is 15.3 Å². The van der Waals surface area contributed by atoms with E-state index in [2.05, 4.69) is 0 Å². The monoisotopic (exact) mass is 350 g/mol. The van der Waals surface area contributed by atoms with Gasteiger partial charge >= 0.3 is 5.97 Å². The number of ketones is 1. The van der Waals surface area contributed by atoms with Gasteiger partial charge in [0.2, 0.25) is 0 Å². The van der Waals surface area contributed by atoms with Crippen molar-refractivity contribution in [2.75, 3.05) is 0 Å². The van der Waals surface area contributed by atoms with E-state index in [0.717, 1.165) is 6.42 Å².